The summed E-state index contributed by atoms with van der Waals surface area (Å²) in [5, 5.41) is 1.84. The molecule has 0 spiro atoms. The van der Waals surface area contributed by atoms with E-state index in [2.05, 4.69) is 21.2 Å². The second kappa shape index (κ2) is 8.19. The van der Waals surface area contributed by atoms with Crippen LogP contribution >= 0.6 is 27.7 Å². The van der Waals surface area contributed by atoms with Crippen molar-refractivity contribution in [2.75, 3.05) is 0 Å². The molecule has 0 atom stereocenters. The van der Waals surface area contributed by atoms with Gasteiger partial charge < -0.3 is 4.74 Å². The molecular weight excluding hydrogens is 406 g/mol. The van der Waals surface area contributed by atoms with Gasteiger partial charge in [-0.3, -0.25) is 19.7 Å². The molecular formula is C18H18BrNO4S. The lowest BCUT2D eigenvalue weighted by Gasteiger charge is -2.10. The number of thioether (sulfide) groups is 1. The number of hydrogen-bond acceptors (Lipinski definition) is 5. The monoisotopic (exact) mass is 423 g/mol. The first-order valence-electron chi connectivity index (χ1n) is 8.26. The summed E-state index contributed by atoms with van der Waals surface area (Å²) in [4.78, 5) is 35.1. The van der Waals surface area contributed by atoms with Gasteiger partial charge in [-0.2, -0.15) is 0 Å². The van der Waals surface area contributed by atoms with Crippen molar-refractivity contribution in [3.8, 4) is 5.75 Å². The maximum absolute atomic E-state index is 12.0. The third kappa shape index (κ3) is 4.95. The van der Waals surface area contributed by atoms with E-state index in [1.54, 1.807) is 24.3 Å². The van der Waals surface area contributed by atoms with Crippen LogP contribution in [0.3, 0.4) is 0 Å². The van der Waals surface area contributed by atoms with E-state index in [1.165, 1.54) is 25.7 Å². The minimum atomic E-state index is -0.395. The number of esters is 1. The number of imide groups is 1. The zero-order valence-corrected chi connectivity index (χ0v) is 16.0. The largest absolute Gasteiger partial charge is 0.425 e. The fourth-order valence-corrected chi connectivity index (χ4v) is 4.22. The van der Waals surface area contributed by atoms with Gasteiger partial charge in [-0.05, 0) is 63.8 Å². The van der Waals surface area contributed by atoms with Crippen LogP contribution in [0, 0.1) is 5.92 Å². The van der Waals surface area contributed by atoms with Crippen molar-refractivity contribution in [3.63, 3.8) is 0 Å². The third-order valence-corrected chi connectivity index (χ3v) is 5.78. The molecule has 3 rings (SSSR count). The fourth-order valence-electron chi connectivity index (χ4n) is 3.06. The van der Waals surface area contributed by atoms with Crippen LogP contribution in [0.25, 0.3) is 6.08 Å². The molecule has 0 unspecified atom stereocenters. The van der Waals surface area contributed by atoms with Crippen LogP contribution in [0.2, 0.25) is 0 Å². The van der Waals surface area contributed by atoms with E-state index in [4.69, 9.17) is 4.74 Å². The van der Waals surface area contributed by atoms with Gasteiger partial charge in [0.1, 0.15) is 5.75 Å². The zero-order valence-electron chi connectivity index (χ0n) is 13.5. The second-order valence-corrected chi connectivity index (χ2v) is 8.07. The molecule has 25 heavy (non-hydrogen) atoms. The summed E-state index contributed by atoms with van der Waals surface area (Å²) < 4.78 is 6.05. The Hall–Kier alpha value is -1.60. The van der Waals surface area contributed by atoms with E-state index in [-0.39, 0.29) is 11.2 Å². The lowest BCUT2D eigenvalue weighted by Crippen LogP contribution is -2.17. The Morgan fingerprint density at radius 2 is 2.08 bits per heavy atom. The van der Waals surface area contributed by atoms with E-state index in [1.807, 2.05) is 0 Å². The highest BCUT2D eigenvalue weighted by atomic mass is 79.9. The second-order valence-electron chi connectivity index (χ2n) is 6.21. The first-order chi connectivity index (χ1) is 12.0. The van der Waals surface area contributed by atoms with Crippen molar-refractivity contribution in [3.05, 3.63) is 33.1 Å². The molecule has 1 aliphatic heterocycles. The molecule has 5 nitrogen and oxygen atoms in total. The number of hydrogen-bond donors (Lipinski definition) is 1. The SMILES string of the molecule is O=C(CCC1CCCC1)Oc1ccc(/C=C2\SC(=O)NC2=O)cc1Br. The van der Waals surface area contributed by atoms with Gasteiger partial charge in [0.25, 0.3) is 11.1 Å². The summed E-state index contributed by atoms with van der Waals surface area (Å²) in [6, 6.07) is 5.18. The van der Waals surface area contributed by atoms with Crippen LogP contribution in [0.15, 0.2) is 27.6 Å². The Morgan fingerprint density at radius 1 is 1.32 bits per heavy atom. The summed E-state index contributed by atoms with van der Waals surface area (Å²) in [7, 11) is 0. The Morgan fingerprint density at radius 3 is 2.72 bits per heavy atom. The summed E-state index contributed by atoms with van der Waals surface area (Å²) in [5.41, 5.74) is 0.741. The Labute approximate surface area is 158 Å². The standard InChI is InChI=1S/C18H18BrNO4S/c19-13-9-12(10-15-17(22)20-18(23)25-15)5-7-14(13)24-16(21)8-6-11-3-1-2-4-11/h5,7,9-11H,1-4,6,8H2,(H,20,22,23)/b15-10-. The van der Waals surface area contributed by atoms with Crippen molar-refractivity contribution in [1.82, 2.24) is 5.32 Å². The predicted molar refractivity (Wildman–Crippen MR) is 100 cm³/mol. The highest BCUT2D eigenvalue weighted by Gasteiger charge is 2.25. The van der Waals surface area contributed by atoms with Crippen LogP contribution in [-0.4, -0.2) is 17.1 Å². The summed E-state index contributed by atoms with van der Waals surface area (Å²) in [6.45, 7) is 0. The van der Waals surface area contributed by atoms with Crippen LogP contribution in [0.5, 0.6) is 5.75 Å². The third-order valence-electron chi connectivity index (χ3n) is 4.35. The van der Waals surface area contributed by atoms with Crippen LogP contribution in [0.1, 0.15) is 44.1 Å². The average molecular weight is 424 g/mol. The normalized spacial score (nSPS) is 19.5. The number of halogens is 1. The lowest BCUT2D eigenvalue weighted by atomic mass is 10.0. The molecule has 2 fully saturated rings. The average Bonchev–Trinajstić information content (AvgIpc) is 3.18. The number of rotatable bonds is 5. The Balaban J connectivity index is 1.59. The Kier molecular flexibility index (Phi) is 5.96. The lowest BCUT2D eigenvalue weighted by molar-refractivity contribution is -0.134. The van der Waals surface area contributed by atoms with Crippen molar-refractivity contribution in [1.29, 1.82) is 0 Å². The highest BCUT2D eigenvalue weighted by Crippen LogP contribution is 2.31. The van der Waals surface area contributed by atoms with Gasteiger partial charge in [0.2, 0.25) is 0 Å². The van der Waals surface area contributed by atoms with Gasteiger partial charge in [0, 0.05) is 6.42 Å². The van der Waals surface area contributed by atoms with Crippen molar-refractivity contribution >= 4 is 50.9 Å². The van der Waals surface area contributed by atoms with Crippen molar-refractivity contribution in [2.24, 2.45) is 5.92 Å². The van der Waals surface area contributed by atoms with E-state index >= 15 is 0 Å². The number of nitrogens with one attached hydrogen (secondary N) is 1. The van der Waals surface area contributed by atoms with Gasteiger partial charge in [-0.15, -0.1) is 0 Å². The van der Waals surface area contributed by atoms with E-state index in [0.29, 0.717) is 27.5 Å². The molecule has 1 aliphatic carbocycles. The van der Waals surface area contributed by atoms with Gasteiger partial charge in [-0.1, -0.05) is 31.7 Å². The van der Waals surface area contributed by atoms with Crippen LogP contribution in [0.4, 0.5) is 4.79 Å². The van der Waals surface area contributed by atoms with Crippen LogP contribution in [-0.2, 0) is 9.59 Å². The topological polar surface area (TPSA) is 72.5 Å². The number of ether oxygens (including phenoxy) is 1. The summed E-state index contributed by atoms with van der Waals surface area (Å²) in [6.07, 6.45) is 7.92. The highest BCUT2D eigenvalue weighted by molar-refractivity contribution is 9.10. The van der Waals surface area contributed by atoms with Crippen molar-refractivity contribution in [2.45, 2.75) is 38.5 Å². The van der Waals surface area contributed by atoms with Gasteiger partial charge in [0.05, 0.1) is 9.38 Å². The molecule has 7 heteroatoms. The maximum Gasteiger partial charge on any atom is 0.311 e. The van der Waals surface area contributed by atoms with Gasteiger partial charge >= 0.3 is 5.97 Å². The number of benzene rings is 1. The Bertz CT molecular complexity index is 741. The van der Waals surface area contributed by atoms with E-state index in [0.717, 1.165) is 23.7 Å². The van der Waals surface area contributed by atoms with Gasteiger partial charge in [0.15, 0.2) is 0 Å². The number of carbonyl (C=O) groups excluding carboxylic acids is 3. The molecule has 0 bridgehead atoms. The summed E-state index contributed by atoms with van der Waals surface area (Å²) in [5.74, 6) is 0.490. The number of amides is 2. The molecule has 1 saturated carbocycles. The van der Waals surface area contributed by atoms with Crippen LogP contribution < -0.4 is 10.1 Å². The fraction of sp³-hybridized carbons (Fsp3) is 0.389. The zero-order chi connectivity index (χ0) is 17.8. The summed E-state index contributed by atoms with van der Waals surface area (Å²) >= 11 is 4.26. The predicted octanol–water partition coefficient (Wildman–Crippen LogP) is 4.65. The molecule has 0 aromatic heterocycles. The first-order valence-corrected chi connectivity index (χ1v) is 9.87. The van der Waals surface area contributed by atoms with Gasteiger partial charge in [-0.25, -0.2) is 0 Å². The maximum atomic E-state index is 12.0. The molecule has 132 valence electrons. The van der Waals surface area contributed by atoms with Crippen molar-refractivity contribution < 1.29 is 19.1 Å². The molecule has 1 saturated heterocycles. The van der Waals surface area contributed by atoms with E-state index in [9.17, 15) is 14.4 Å². The minimum absolute atomic E-state index is 0.227. The van der Waals surface area contributed by atoms with E-state index < -0.39 is 5.91 Å². The molecule has 1 heterocycles. The molecule has 2 aliphatic rings. The molecule has 1 aromatic carbocycles. The smallest absolute Gasteiger partial charge is 0.311 e. The first kappa shape index (κ1) is 18.2. The quantitative estimate of drug-likeness (QED) is 0.423. The molecule has 0 radical (unpaired) electrons. The number of carbonyl (C=O) groups is 3. The molecule has 1 aromatic rings. The minimum Gasteiger partial charge on any atom is -0.425 e. The molecule has 2 amide bonds. The molecule has 1 N–H and O–H groups in total.